The van der Waals surface area contributed by atoms with Gasteiger partial charge in [0.05, 0.1) is 6.04 Å². The van der Waals surface area contributed by atoms with Crippen LogP contribution in [-0.4, -0.2) is 30.4 Å². The predicted octanol–water partition coefficient (Wildman–Crippen LogP) is 3.07. The molecule has 0 radical (unpaired) electrons. The van der Waals surface area contributed by atoms with Gasteiger partial charge in [-0.15, -0.1) is 0 Å². The number of esters is 1. The number of carbonyl (C=O) groups is 3. The number of nitrogens with one attached hydrogen (secondary N) is 2. The molecule has 2 amide bonds. The third-order valence-corrected chi connectivity index (χ3v) is 4.65. The molecule has 0 saturated heterocycles. The zero-order valence-electron chi connectivity index (χ0n) is 15.4. The molecule has 144 valence electrons. The van der Waals surface area contributed by atoms with Gasteiger partial charge in [0.2, 0.25) is 0 Å². The van der Waals surface area contributed by atoms with E-state index < -0.39 is 12.1 Å². The van der Waals surface area contributed by atoms with E-state index in [1.807, 2.05) is 42.6 Å². The van der Waals surface area contributed by atoms with Crippen LogP contribution in [0.3, 0.4) is 0 Å². The average Bonchev–Trinajstić information content (AvgIpc) is 3.20. The van der Waals surface area contributed by atoms with E-state index in [0.29, 0.717) is 18.5 Å². The van der Waals surface area contributed by atoms with Crippen LogP contribution >= 0.6 is 11.3 Å². The Labute approximate surface area is 162 Å². The fraction of sp³-hybridized carbons (Fsp3) is 0.350. The lowest BCUT2D eigenvalue weighted by Crippen LogP contribution is -2.37. The number of ether oxygens (including phenoxy) is 1. The van der Waals surface area contributed by atoms with E-state index >= 15 is 0 Å². The van der Waals surface area contributed by atoms with Gasteiger partial charge in [0, 0.05) is 23.9 Å². The number of hydrogen-bond acceptors (Lipinski definition) is 5. The van der Waals surface area contributed by atoms with Gasteiger partial charge in [-0.25, -0.2) is 0 Å². The van der Waals surface area contributed by atoms with Gasteiger partial charge in [-0.1, -0.05) is 30.3 Å². The minimum absolute atomic E-state index is 0.135. The Morgan fingerprint density at radius 3 is 2.52 bits per heavy atom. The maximum atomic E-state index is 12.2. The molecule has 1 heterocycles. The van der Waals surface area contributed by atoms with E-state index in [1.165, 1.54) is 11.3 Å². The van der Waals surface area contributed by atoms with Crippen molar-refractivity contribution in [2.75, 3.05) is 6.54 Å². The van der Waals surface area contributed by atoms with Crippen molar-refractivity contribution in [1.82, 2.24) is 10.6 Å². The molecule has 0 aliphatic carbocycles. The molecular weight excluding hydrogens is 364 g/mol. The van der Waals surface area contributed by atoms with Crippen LogP contribution in [0.25, 0.3) is 0 Å². The summed E-state index contributed by atoms with van der Waals surface area (Å²) in [6.07, 6.45) is -0.289. The van der Waals surface area contributed by atoms with Gasteiger partial charge < -0.3 is 15.4 Å². The van der Waals surface area contributed by atoms with Gasteiger partial charge in [0.15, 0.2) is 6.10 Å². The first kappa shape index (κ1) is 20.6. The van der Waals surface area contributed by atoms with Crippen LogP contribution < -0.4 is 10.6 Å². The summed E-state index contributed by atoms with van der Waals surface area (Å²) in [6.45, 7) is 3.79. The van der Waals surface area contributed by atoms with E-state index in [9.17, 15) is 14.4 Å². The minimum Gasteiger partial charge on any atom is -0.453 e. The smallest absolute Gasteiger partial charge is 0.306 e. The number of carbonyl (C=O) groups excluding carboxylic acids is 3. The van der Waals surface area contributed by atoms with Crippen molar-refractivity contribution in [2.45, 2.75) is 38.8 Å². The summed E-state index contributed by atoms with van der Waals surface area (Å²) in [5.41, 5.74) is 1.59. The third-order valence-electron chi connectivity index (χ3n) is 3.96. The molecule has 0 bridgehead atoms. The van der Waals surface area contributed by atoms with Gasteiger partial charge >= 0.3 is 5.97 Å². The van der Waals surface area contributed by atoms with Crippen LogP contribution in [0.2, 0.25) is 0 Å². The zero-order valence-corrected chi connectivity index (χ0v) is 16.3. The summed E-state index contributed by atoms with van der Waals surface area (Å²) >= 11 is 1.45. The fourth-order valence-corrected chi connectivity index (χ4v) is 3.03. The first-order chi connectivity index (χ1) is 13.0. The highest BCUT2D eigenvalue weighted by atomic mass is 32.1. The fourth-order valence-electron chi connectivity index (χ4n) is 2.40. The van der Waals surface area contributed by atoms with Gasteiger partial charge in [-0.2, -0.15) is 11.3 Å². The Kier molecular flexibility index (Phi) is 8.00. The number of benzene rings is 1. The molecular formula is C20H24N2O4S. The normalized spacial score (nSPS) is 12.7. The highest BCUT2D eigenvalue weighted by Gasteiger charge is 2.19. The molecule has 0 spiro atoms. The van der Waals surface area contributed by atoms with Gasteiger partial charge in [-0.05, 0) is 37.3 Å². The summed E-state index contributed by atoms with van der Waals surface area (Å²) in [4.78, 5) is 35.8. The van der Waals surface area contributed by atoms with Crippen LogP contribution in [0.5, 0.6) is 0 Å². The lowest BCUT2D eigenvalue weighted by Gasteiger charge is -2.18. The Morgan fingerprint density at radius 2 is 1.85 bits per heavy atom. The molecule has 0 aliphatic heterocycles. The van der Waals surface area contributed by atoms with Gasteiger partial charge in [0.1, 0.15) is 0 Å². The maximum Gasteiger partial charge on any atom is 0.306 e. The van der Waals surface area contributed by atoms with Crippen molar-refractivity contribution in [3.8, 4) is 0 Å². The Morgan fingerprint density at radius 1 is 1.11 bits per heavy atom. The monoisotopic (exact) mass is 388 g/mol. The third kappa shape index (κ3) is 6.86. The van der Waals surface area contributed by atoms with E-state index in [-0.39, 0.29) is 24.3 Å². The largest absolute Gasteiger partial charge is 0.453 e. The quantitative estimate of drug-likeness (QED) is 0.511. The van der Waals surface area contributed by atoms with Gasteiger partial charge in [0.25, 0.3) is 11.8 Å². The number of thiophene rings is 1. The molecule has 0 aliphatic rings. The second-order valence-electron chi connectivity index (χ2n) is 6.14. The highest BCUT2D eigenvalue weighted by Crippen LogP contribution is 2.11. The lowest BCUT2D eigenvalue weighted by molar-refractivity contribution is -0.155. The van der Waals surface area contributed by atoms with Crippen molar-refractivity contribution >= 4 is 29.1 Å². The van der Waals surface area contributed by atoms with Crippen molar-refractivity contribution < 1.29 is 19.1 Å². The van der Waals surface area contributed by atoms with E-state index in [1.54, 1.807) is 18.4 Å². The van der Waals surface area contributed by atoms with Crippen LogP contribution in [0, 0.1) is 0 Å². The van der Waals surface area contributed by atoms with E-state index in [4.69, 9.17) is 4.74 Å². The van der Waals surface area contributed by atoms with Crippen LogP contribution in [0.15, 0.2) is 47.2 Å². The summed E-state index contributed by atoms with van der Waals surface area (Å²) in [5, 5.41) is 9.16. The average molecular weight is 388 g/mol. The van der Waals surface area contributed by atoms with Crippen LogP contribution in [-0.2, 0) is 14.3 Å². The molecule has 1 aromatic heterocycles. The number of hydrogen-bond donors (Lipinski definition) is 2. The molecule has 0 fully saturated rings. The second kappa shape index (κ2) is 10.5. The minimum atomic E-state index is -0.871. The summed E-state index contributed by atoms with van der Waals surface area (Å²) in [6, 6.07) is 11.1. The Hall–Kier alpha value is -2.67. The molecule has 2 unspecified atom stereocenters. The summed E-state index contributed by atoms with van der Waals surface area (Å²) in [5.74, 6) is -0.965. The molecule has 7 heteroatoms. The Balaban J connectivity index is 1.65. The van der Waals surface area contributed by atoms with E-state index in [0.717, 1.165) is 5.56 Å². The highest BCUT2D eigenvalue weighted by molar-refractivity contribution is 7.08. The summed E-state index contributed by atoms with van der Waals surface area (Å²) < 4.78 is 5.17. The molecule has 2 aromatic rings. The molecule has 0 saturated carbocycles. The zero-order chi connectivity index (χ0) is 19.6. The standard InChI is InChI=1S/C20H24N2O4S/c1-14(16-7-4-3-5-8-16)22-19(24)15(2)26-18(23)9-6-11-21-20(25)17-10-12-27-13-17/h3-5,7-8,10,12-15H,6,9,11H2,1-2H3,(H,21,25)(H,22,24). The van der Waals surface area contributed by atoms with Crippen molar-refractivity contribution in [3.05, 3.63) is 58.3 Å². The molecule has 2 rings (SSSR count). The maximum absolute atomic E-state index is 12.2. The van der Waals surface area contributed by atoms with Crippen LogP contribution in [0.4, 0.5) is 0 Å². The number of amides is 2. The lowest BCUT2D eigenvalue weighted by atomic mass is 10.1. The predicted molar refractivity (Wildman–Crippen MR) is 104 cm³/mol. The van der Waals surface area contributed by atoms with Crippen LogP contribution in [0.1, 0.15) is 48.7 Å². The van der Waals surface area contributed by atoms with Crippen molar-refractivity contribution in [3.63, 3.8) is 0 Å². The Bertz CT molecular complexity index is 747. The van der Waals surface area contributed by atoms with Gasteiger partial charge in [-0.3, -0.25) is 14.4 Å². The number of rotatable bonds is 9. The SMILES string of the molecule is CC(OC(=O)CCCNC(=O)c1ccsc1)C(=O)NC(C)c1ccccc1. The second-order valence-corrected chi connectivity index (χ2v) is 6.92. The first-order valence-corrected chi connectivity index (χ1v) is 9.77. The molecule has 6 nitrogen and oxygen atoms in total. The molecule has 2 atom stereocenters. The van der Waals surface area contributed by atoms with Crippen molar-refractivity contribution in [1.29, 1.82) is 0 Å². The molecule has 1 aromatic carbocycles. The molecule has 27 heavy (non-hydrogen) atoms. The van der Waals surface area contributed by atoms with Crippen molar-refractivity contribution in [2.24, 2.45) is 0 Å². The molecule has 2 N–H and O–H groups in total. The first-order valence-electron chi connectivity index (χ1n) is 8.82. The topological polar surface area (TPSA) is 84.5 Å². The van der Waals surface area contributed by atoms with E-state index in [2.05, 4.69) is 10.6 Å². The summed E-state index contributed by atoms with van der Waals surface area (Å²) in [7, 11) is 0.